The zero-order valence-electron chi connectivity index (χ0n) is 14.2. The number of carbonyl (C=O) groups excluding carboxylic acids is 1. The zero-order valence-corrected chi connectivity index (χ0v) is 14.2. The highest BCUT2D eigenvalue weighted by molar-refractivity contribution is 5.94. The van der Waals surface area contributed by atoms with Crippen molar-refractivity contribution in [1.82, 2.24) is 0 Å². The van der Waals surface area contributed by atoms with Crippen molar-refractivity contribution in [2.24, 2.45) is 0 Å². The van der Waals surface area contributed by atoms with E-state index in [1.165, 1.54) is 5.69 Å². The van der Waals surface area contributed by atoms with Crippen LogP contribution < -0.4 is 15.1 Å². The first-order chi connectivity index (χ1) is 11.8. The van der Waals surface area contributed by atoms with Gasteiger partial charge in [0.25, 0.3) is 0 Å². The molecule has 2 aromatic carbocycles. The molecule has 1 aliphatic rings. The number of hydrogen-bond acceptors (Lipinski definition) is 3. The van der Waals surface area contributed by atoms with Crippen LogP contribution in [0.25, 0.3) is 0 Å². The van der Waals surface area contributed by atoms with E-state index in [9.17, 15) is 4.79 Å². The van der Waals surface area contributed by atoms with Gasteiger partial charge in [0.1, 0.15) is 0 Å². The standard InChI is InChI=1S/C20H25N3O/c1-2-8-20(24)21-18-11-6-7-12-19(18)23-15-13-22(14-16-23)17-9-4-3-5-10-17/h3-7,9-12H,2,8,13-16H2,1H3,(H,21,24). The molecule has 2 aromatic rings. The number of rotatable bonds is 5. The van der Waals surface area contributed by atoms with E-state index in [1.54, 1.807) is 0 Å². The summed E-state index contributed by atoms with van der Waals surface area (Å²) in [5.41, 5.74) is 3.32. The van der Waals surface area contributed by atoms with Gasteiger partial charge in [-0.25, -0.2) is 0 Å². The lowest BCUT2D eigenvalue weighted by atomic mass is 10.2. The van der Waals surface area contributed by atoms with Crippen molar-refractivity contribution in [3.05, 3.63) is 54.6 Å². The fraction of sp³-hybridized carbons (Fsp3) is 0.350. The van der Waals surface area contributed by atoms with E-state index in [4.69, 9.17) is 0 Å². The first kappa shape index (κ1) is 16.4. The number of anilines is 3. The molecule has 4 nitrogen and oxygen atoms in total. The number of piperazine rings is 1. The minimum absolute atomic E-state index is 0.0906. The minimum atomic E-state index is 0.0906. The first-order valence-corrected chi connectivity index (χ1v) is 8.71. The Balaban J connectivity index is 1.67. The number of nitrogens with one attached hydrogen (secondary N) is 1. The van der Waals surface area contributed by atoms with Crippen LogP contribution in [0.2, 0.25) is 0 Å². The topological polar surface area (TPSA) is 35.6 Å². The van der Waals surface area contributed by atoms with E-state index < -0.39 is 0 Å². The third-order valence-electron chi connectivity index (χ3n) is 4.40. The van der Waals surface area contributed by atoms with Crippen molar-refractivity contribution >= 4 is 23.0 Å². The lowest BCUT2D eigenvalue weighted by Gasteiger charge is -2.38. The van der Waals surface area contributed by atoms with Crippen molar-refractivity contribution in [2.75, 3.05) is 41.3 Å². The Morgan fingerprint density at radius 1 is 0.917 bits per heavy atom. The molecule has 0 saturated carbocycles. The van der Waals surface area contributed by atoms with Crippen molar-refractivity contribution in [1.29, 1.82) is 0 Å². The molecule has 24 heavy (non-hydrogen) atoms. The molecule has 0 unspecified atom stereocenters. The maximum Gasteiger partial charge on any atom is 0.224 e. The Labute approximate surface area is 144 Å². The number of benzene rings is 2. The van der Waals surface area contributed by atoms with E-state index in [2.05, 4.69) is 51.5 Å². The van der Waals surface area contributed by atoms with Crippen LogP contribution in [0.1, 0.15) is 19.8 Å². The van der Waals surface area contributed by atoms with Crippen LogP contribution in [0.15, 0.2) is 54.6 Å². The molecule has 0 atom stereocenters. The molecule has 0 spiro atoms. The van der Waals surface area contributed by atoms with Gasteiger partial charge in [0.15, 0.2) is 0 Å². The van der Waals surface area contributed by atoms with Gasteiger partial charge >= 0.3 is 0 Å². The second kappa shape index (κ2) is 7.86. The number of amides is 1. The third-order valence-corrected chi connectivity index (χ3v) is 4.40. The van der Waals surface area contributed by atoms with Gasteiger partial charge < -0.3 is 15.1 Å². The van der Waals surface area contributed by atoms with Crippen molar-refractivity contribution in [2.45, 2.75) is 19.8 Å². The Bertz CT molecular complexity index is 664. The third kappa shape index (κ3) is 3.88. The Hall–Kier alpha value is -2.49. The monoisotopic (exact) mass is 323 g/mol. The molecule has 1 heterocycles. The predicted molar refractivity (Wildman–Crippen MR) is 101 cm³/mol. The average Bonchev–Trinajstić information content (AvgIpc) is 2.63. The van der Waals surface area contributed by atoms with Crippen LogP contribution in [0, 0.1) is 0 Å². The van der Waals surface area contributed by atoms with Gasteiger partial charge in [-0.1, -0.05) is 37.3 Å². The van der Waals surface area contributed by atoms with Gasteiger partial charge in [-0.3, -0.25) is 4.79 Å². The van der Waals surface area contributed by atoms with Crippen molar-refractivity contribution < 1.29 is 4.79 Å². The molecular formula is C20H25N3O. The summed E-state index contributed by atoms with van der Waals surface area (Å²) in [6.45, 7) is 5.90. The minimum Gasteiger partial charge on any atom is -0.368 e. The fourth-order valence-corrected chi connectivity index (χ4v) is 3.14. The zero-order chi connectivity index (χ0) is 16.8. The van der Waals surface area contributed by atoms with Crippen LogP contribution in [0.3, 0.4) is 0 Å². The number of hydrogen-bond donors (Lipinski definition) is 1. The molecule has 0 aromatic heterocycles. The van der Waals surface area contributed by atoms with Gasteiger partial charge in [0.2, 0.25) is 5.91 Å². The normalized spacial score (nSPS) is 14.5. The number of para-hydroxylation sites is 3. The molecule has 1 aliphatic heterocycles. The Morgan fingerprint density at radius 3 is 2.25 bits per heavy atom. The van der Waals surface area contributed by atoms with Crippen LogP contribution in [-0.4, -0.2) is 32.1 Å². The van der Waals surface area contributed by atoms with Gasteiger partial charge in [-0.2, -0.15) is 0 Å². The van der Waals surface area contributed by atoms with E-state index in [1.807, 2.05) is 25.1 Å². The van der Waals surface area contributed by atoms with Crippen LogP contribution >= 0.6 is 0 Å². The van der Waals surface area contributed by atoms with E-state index in [0.717, 1.165) is 44.0 Å². The SMILES string of the molecule is CCCC(=O)Nc1ccccc1N1CCN(c2ccccc2)CC1. The molecule has 1 amide bonds. The molecule has 1 fully saturated rings. The van der Waals surface area contributed by atoms with Crippen LogP contribution in [0.5, 0.6) is 0 Å². The van der Waals surface area contributed by atoms with E-state index in [0.29, 0.717) is 6.42 Å². The summed E-state index contributed by atoms with van der Waals surface area (Å²) in [7, 11) is 0. The molecule has 4 heteroatoms. The van der Waals surface area contributed by atoms with Crippen molar-refractivity contribution in [3.8, 4) is 0 Å². The molecular weight excluding hydrogens is 298 g/mol. The molecule has 3 rings (SSSR count). The largest absolute Gasteiger partial charge is 0.368 e. The fourth-order valence-electron chi connectivity index (χ4n) is 3.14. The van der Waals surface area contributed by atoms with Gasteiger partial charge in [0, 0.05) is 38.3 Å². The van der Waals surface area contributed by atoms with E-state index >= 15 is 0 Å². The van der Waals surface area contributed by atoms with E-state index in [-0.39, 0.29) is 5.91 Å². The molecule has 0 aliphatic carbocycles. The van der Waals surface area contributed by atoms with Crippen LogP contribution in [-0.2, 0) is 4.79 Å². The summed E-state index contributed by atoms with van der Waals surface area (Å²) in [6, 6.07) is 18.6. The summed E-state index contributed by atoms with van der Waals surface area (Å²) in [5, 5.41) is 3.06. The van der Waals surface area contributed by atoms with Gasteiger partial charge in [0.05, 0.1) is 11.4 Å². The van der Waals surface area contributed by atoms with Crippen LogP contribution in [0.4, 0.5) is 17.1 Å². The summed E-state index contributed by atoms with van der Waals surface area (Å²) in [6.07, 6.45) is 1.43. The predicted octanol–water partition coefficient (Wildman–Crippen LogP) is 3.75. The summed E-state index contributed by atoms with van der Waals surface area (Å²) < 4.78 is 0. The first-order valence-electron chi connectivity index (χ1n) is 8.71. The maximum absolute atomic E-state index is 11.9. The summed E-state index contributed by atoms with van der Waals surface area (Å²) in [4.78, 5) is 16.7. The second-order valence-corrected chi connectivity index (χ2v) is 6.12. The molecule has 0 radical (unpaired) electrons. The van der Waals surface area contributed by atoms with Gasteiger partial charge in [-0.05, 0) is 30.7 Å². The highest BCUT2D eigenvalue weighted by Crippen LogP contribution is 2.27. The lowest BCUT2D eigenvalue weighted by Crippen LogP contribution is -2.46. The molecule has 0 bridgehead atoms. The quantitative estimate of drug-likeness (QED) is 0.910. The maximum atomic E-state index is 11.9. The smallest absolute Gasteiger partial charge is 0.224 e. The number of nitrogens with zero attached hydrogens (tertiary/aromatic N) is 2. The second-order valence-electron chi connectivity index (χ2n) is 6.12. The number of carbonyl (C=O) groups is 1. The molecule has 1 saturated heterocycles. The Kier molecular flexibility index (Phi) is 5.36. The van der Waals surface area contributed by atoms with Crippen molar-refractivity contribution in [3.63, 3.8) is 0 Å². The molecule has 126 valence electrons. The van der Waals surface area contributed by atoms with Gasteiger partial charge in [-0.15, -0.1) is 0 Å². The highest BCUT2D eigenvalue weighted by atomic mass is 16.1. The molecule has 1 N–H and O–H groups in total. The Morgan fingerprint density at radius 2 is 1.54 bits per heavy atom. The average molecular weight is 323 g/mol. The summed E-state index contributed by atoms with van der Waals surface area (Å²) in [5.74, 6) is 0.0906. The summed E-state index contributed by atoms with van der Waals surface area (Å²) >= 11 is 0. The lowest BCUT2D eigenvalue weighted by molar-refractivity contribution is -0.116. The highest BCUT2D eigenvalue weighted by Gasteiger charge is 2.19.